The highest BCUT2D eigenvalue weighted by Crippen LogP contribution is 2.53. The summed E-state index contributed by atoms with van der Waals surface area (Å²) in [5.41, 5.74) is 4.22. The van der Waals surface area contributed by atoms with Gasteiger partial charge in [0.15, 0.2) is 5.83 Å². The molecule has 1 aromatic rings. The molecule has 0 aromatic heterocycles. The van der Waals surface area contributed by atoms with Gasteiger partial charge in [0.1, 0.15) is 23.1 Å². The van der Waals surface area contributed by atoms with E-state index in [9.17, 15) is 0 Å². The molecule has 4 fully saturated rings. The van der Waals surface area contributed by atoms with Gasteiger partial charge in [0.05, 0.1) is 17.8 Å². The smallest absolute Gasteiger partial charge is 0.175 e. The minimum atomic E-state index is -0.545. The number of terminal acetylenes is 1. The molecule has 0 amide bonds. The van der Waals surface area contributed by atoms with Crippen LogP contribution in [0.25, 0.3) is 11.3 Å². The van der Waals surface area contributed by atoms with Crippen LogP contribution in [-0.2, 0) is 15.9 Å². The Bertz CT molecular complexity index is 1760. The molecule has 4 unspecified atom stereocenters. The Morgan fingerprint density at radius 3 is 2.67 bits per heavy atom. The van der Waals surface area contributed by atoms with E-state index >= 15 is 8.78 Å². The van der Waals surface area contributed by atoms with E-state index in [1.165, 1.54) is 51.5 Å². The molecule has 2 saturated carbocycles. The first-order chi connectivity index (χ1) is 25.8. The highest BCUT2D eigenvalue weighted by molar-refractivity contribution is 6.28. The van der Waals surface area contributed by atoms with Crippen molar-refractivity contribution in [1.29, 1.82) is 0 Å². The Labute approximate surface area is 322 Å². The zero-order chi connectivity index (χ0) is 37.1. The first-order valence-corrected chi connectivity index (χ1v) is 20.2. The van der Waals surface area contributed by atoms with Crippen molar-refractivity contribution in [2.45, 2.75) is 111 Å². The summed E-state index contributed by atoms with van der Waals surface area (Å²) in [6.45, 7) is 15.7. The molecular weight excluding hydrogens is 681 g/mol. The lowest BCUT2D eigenvalue weighted by molar-refractivity contribution is -0.00359. The van der Waals surface area contributed by atoms with Gasteiger partial charge in [-0.05, 0) is 121 Å². The summed E-state index contributed by atoms with van der Waals surface area (Å²) in [6.07, 6.45) is 19.1. The Kier molecular flexibility index (Phi) is 13.1. The van der Waals surface area contributed by atoms with Gasteiger partial charge in [-0.3, -0.25) is 14.9 Å². The summed E-state index contributed by atoms with van der Waals surface area (Å²) in [5.74, 6) is 3.66. The number of rotatable bonds is 13. The summed E-state index contributed by atoms with van der Waals surface area (Å²) in [4.78, 5) is 19.1. The van der Waals surface area contributed by atoms with Gasteiger partial charge in [0.25, 0.3) is 0 Å². The number of aryl methyl sites for hydroxylation is 2. The number of halogens is 2. The van der Waals surface area contributed by atoms with Gasteiger partial charge in [-0.2, -0.15) is 0 Å². The number of piperidine rings is 1. The zero-order valence-electron chi connectivity index (χ0n) is 32.1. The minimum Gasteiger partial charge on any atom is -0.381 e. The molecule has 0 spiro atoms. The number of likely N-dealkylation sites (tertiary alicyclic amines) is 1. The molecule has 1 aromatic carbocycles. The predicted octanol–water partition coefficient (Wildman–Crippen LogP) is 9.17. The van der Waals surface area contributed by atoms with Crippen LogP contribution in [0, 0.1) is 36.5 Å². The number of allylic oxidation sites excluding steroid dienone is 4. The van der Waals surface area contributed by atoms with Crippen LogP contribution in [0.5, 0.6) is 0 Å². The van der Waals surface area contributed by atoms with Gasteiger partial charge >= 0.3 is 0 Å². The molecule has 4 atom stereocenters. The van der Waals surface area contributed by atoms with E-state index in [4.69, 9.17) is 25.9 Å². The topological polar surface area (TPSA) is 62.0 Å². The van der Waals surface area contributed by atoms with Crippen LogP contribution < -0.4 is 0 Å². The van der Waals surface area contributed by atoms with Crippen LogP contribution in [0.4, 0.5) is 8.78 Å². The van der Waals surface area contributed by atoms with Crippen LogP contribution in [0.15, 0.2) is 50.2 Å². The highest BCUT2D eigenvalue weighted by Gasteiger charge is 2.51. The lowest BCUT2D eigenvalue weighted by atomic mass is 9.71. The fraction of sp³-hybridized carbons (Fsp3) is 0.622. The fourth-order valence-corrected chi connectivity index (χ4v) is 10.7. The molecule has 0 bridgehead atoms. The SMILES string of the molecule is C.C#CC1=C(F)CCc2cc(C)cc(C3=C(F)C(=NCCCC45CCCC4N(C4CC6COCC6C4)CCC5)/C(=C(\N=C)N(CC)CCOCC)C=N3)c21. The molecule has 0 radical (unpaired) electrons. The van der Waals surface area contributed by atoms with Crippen LogP contribution >= 0.6 is 0 Å². The molecule has 292 valence electrons. The maximum atomic E-state index is 17.3. The number of likely N-dealkylation sites (N-methyl/N-ethyl adjacent to an activating group) is 1. The summed E-state index contributed by atoms with van der Waals surface area (Å²) in [5, 5.41) is 0. The summed E-state index contributed by atoms with van der Waals surface area (Å²) < 4.78 is 43.9. The number of fused-ring (bicyclic) bond motifs is 3. The number of hydrogen-bond donors (Lipinski definition) is 0. The zero-order valence-corrected chi connectivity index (χ0v) is 32.1. The second-order valence-electron chi connectivity index (χ2n) is 16.0. The molecule has 9 heteroatoms. The van der Waals surface area contributed by atoms with Crippen molar-refractivity contribution in [2.24, 2.45) is 32.2 Å². The van der Waals surface area contributed by atoms with E-state index < -0.39 is 5.83 Å². The van der Waals surface area contributed by atoms with Gasteiger partial charge in [-0.15, -0.1) is 6.42 Å². The fourth-order valence-electron chi connectivity index (χ4n) is 10.7. The third-order valence-electron chi connectivity index (χ3n) is 13.1. The van der Waals surface area contributed by atoms with Crippen LogP contribution in [0.3, 0.4) is 0 Å². The van der Waals surface area contributed by atoms with E-state index in [1.807, 2.05) is 37.8 Å². The normalized spacial score (nSPS) is 29.5. The Morgan fingerprint density at radius 2 is 1.94 bits per heavy atom. The average Bonchev–Trinajstić information content (AvgIpc) is 3.90. The maximum Gasteiger partial charge on any atom is 0.175 e. The number of nitrogens with zero attached hydrogens (tertiary/aromatic N) is 5. The number of hydrogen-bond acceptors (Lipinski definition) is 7. The van der Waals surface area contributed by atoms with E-state index in [0.29, 0.717) is 79.3 Å². The molecule has 54 heavy (non-hydrogen) atoms. The van der Waals surface area contributed by atoms with E-state index in [-0.39, 0.29) is 36.7 Å². The van der Waals surface area contributed by atoms with Crippen LogP contribution in [0.2, 0.25) is 0 Å². The summed E-state index contributed by atoms with van der Waals surface area (Å²) in [6, 6.07) is 5.18. The van der Waals surface area contributed by atoms with E-state index in [1.54, 1.807) is 6.21 Å². The first kappa shape index (κ1) is 40.2. The van der Waals surface area contributed by atoms with E-state index in [2.05, 4.69) is 22.5 Å². The van der Waals surface area contributed by atoms with Crippen LogP contribution in [-0.4, -0.2) is 93.1 Å². The molecular formula is C45H61F2N5O2. The second-order valence-corrected chi connectivity index (χ2v) is 16.0. The molecule has 3 aliphatic heterocycles. The van der Waals surface area contributed by atoms with Gasteiger partial charge in [0, 0.05) is 75.3 Å². The number of aliphatic imine (C=N–C) groups is 3. The molecule has 7 nitrogen and oxygen atoms in total. The molecule has 7 rings (SSSR count). The lowest BCUT2D eigenvalue weighted by Gasteiger charge is -2.49. The third kappa shape index (κ3) is 7.68. The molecule has 2 saturated heterocycles. The van der Waals surface area contributed by atoms with Crippen molar-refractivity contribution in [2.75, 3.05) is 52.6 Å². The predicted molar refractivity (Wildman–Crippen MR) is 218 cm³/mol. The molecule has 3 aliphatic carbocycles. The average molecular weight is 742 g/mol. The van der Waals surface area contributed by atoms with Crippen molar-refractivity contribution in [3.63, 3.8) is 0 Å². The first-order valence-electron chi connectivity index (χ1n) is 20.2. The van der Waals surface area contributed by atoms with Gasteiger partial charge in [0.2, 0.25) is 0 Å². The Morgan fingerprint density at radius 1 is 1.17 bits per heavy atom. The number of benzene rings is 1. The molecule has 3 heterocycles. The Balaban J connectivity index is 0.00000497. The monoisotopic (exact) mass is 741 g/mol. The maximum absolute atomic E-state index is 17.3. The third-order valence-corrected chi connectivity index (χ3v) is 13.1. The van der Waals surface area contributed by atoms with Gasteiger partial charge in [-0.25, -0.2) is 13.8 Å². The Hall–Kier alpha value is -3.45. The second kappa shape index (κ2) is 17.6. The van der Waals surface area contributed by atoms with Gasteiger partial charge < -0.3 is 14.4 Å². The standard InChI is InChI=1S/C44H57F2N5O2.CH4/c1-6-34-37(45)14-13-30-22-29(4)23-35(39(30)34)41-40(46)42(36(26-49-41)43(47-5)50(7-2)20-21-52-8-3)48-18-10-16-44-15-9-12-38(44)51(19-11-17-44)33-24-31-27-53-28-32(31)25-33;/h1,22-23,26,31-33,38H,5,7-21,24-25,27-28H2,2-4H3;1H4/b43-36+,48-42?;. The van der Waals surface area contributed by atoms with Gasteiger partial charge in [-0.1, -0.05) is 31.4 Å². The molecule has 6 aliphatic rings. The van der Waals surface area contributed by atoms with Crippen molar-refractivity contribution >= 4 is 29.9 Å². The van der Waals surface area contributed by atoms with Crippen molar-refractivity contribution < 1.29 is 18.3 Å². The summed E-state index contributed by atoms with van der Waals surface area (Å²) in [7, 11) is 0. The van der Waals surface area contributed by atoms with Crippen molar-refractivity contribution in [1.82, 2.24) is 9.80 Å². The minimum absolute atomic E-state index is 0. The largest absolute Gasteiger partial charge is 0.381 e. The quantitative estimate of drug-likeness (QED) is 0.115. The van der Waals surface area contributed by atoms with E-state index in [0.717, 1.165) is 49.0 Å². The van der Waals surface area contributed by atoms with Crippen molar-refractivity contribution in [3.05, 3.63) is 57.4 Å². The van der Waals surface area contributed by atoms with Crippen molar-refractivity contribution in [3.8, 4) is 12.3 Å². The lowest BCUT2D eigenvalue weighted by Crippen LogP contribution is -2.53. The highest BCUT2D eigenvalue weighted by atomic mass is 19.1. The number of ether oxygens (including phenoxy) is 2. The summed E-state index contributed by atoms with van der Waals surface area (Å²) >= 11 is 0. The molecule has 0 N–H and O–H groups in total. The van der Waals surface area contributed by atoms with Crippen LogP contribution in [0.1, 0.15) is 108 Å².